The van der Waals surface area contributed by atoms with E-state index in [2.05, 4.69) is 62.4 Å². The Morgan fingerprint density at radius 1 is 0.889 bits per heavy atom. The molecule has 0 saturated carbocycles. The zero-order valence-corrected chi connectivity index (χ0v) is 13.1. The molecule has 0 unspecified atom stereocenters. The fourth-order valence-electron chi connectivity index (χ4n) is 2.10. The van der Waals surface area contributed by atoms with Gasteiger partial charge in [0, 0.05) is 5.50 Å². The Morgan fingerprint density at radius 2 is 1.33 bits per heavy atom. The van der Waals surface area contributed by atoms with E-state index in [9.17, 15) is 0 Å². The number of aryl methyl sites for hydroxylation is 2. The van der Waals surface area contributed by atoms with Crippen molar-refractivity contribution < 1.29 is 0 Å². The summed E-state index contributed by atoms with van der Waals surface area (Å²) in [6.45, 7) is 4.17. The zero-order valence-electron chi connectivity index (χ0n) is 10.6. The molecular formula is C15H16Cl2Si. The van der Waals surface area contributed by atoms with Gasteiger partial charge < -0.3 is 0 Å². The van der Waals surface area contributed by atoms with Gasteiger partial charge in [0.1, 0.15) is 0 Å². The summed E-state index contributed by atoms with van der Waals surface area (Å²) in [6, 6.07) is 16.8. The summed E-state index contributed by atoms with van der Waals surface area (Å²) in [4.78, 5) is 0. The third-order valence-electron chi connectivity index (χ3n) is 3.14. The monoisotopic (exact) mass is 294 g/mol. The van der Waals surface area contributed by atoms with Gasteiger partial charge in [-0.3, -0.25) is 0 Å². The second-order valence-corrected chi connectivity index (χ2v) is 10.4. The van der Waals surface area contributed by atoms with Crippen LogP contribution in [0.15, 0.2) is 48.5 Å². The number of halogens is 2. The number of benzene rings is 2. The quantitative estimate of drug-likeness (QED) is 0.462. The van der Waals surface area contributed by atoms with Gasteiger partial charge in [-0.15, -0.1) is 11.6 Å². The minimum atomic E-state index is -2.30. The average Bonchev–Trinajstić information content (AvgIpc) is 2.38. The maximum atomic E-state index is 6.93. The van der Waals surface area contributed by atoms with Crippen LogP contribution in [-0.4, -0.2) is 12.9 Å². The van der Waals surface area contributed by atoms with Crippen molar-refractivity contribution in [2.24, 2.45) is 0 Å². The predicted molar refractivity (Wildman–Crippen MR) is 84.0 cm³/mol. The van der Waals surface area contributed by atoms with Gasteiger partial charge in [-0.1, -0.05) is 59.7 Å². The van der Waals surface area contributed by atoms with Crippen LogP contribution in [0.1, 0.15) is 11.1 Å². The van der Waals surface area contributed by atoms with Crippen molar-refractivity contribution in [2.75, 3.05) is 5.50 Å². The Bertz CT molecular complexity index is 506. The van der Waals surface area contributed by atoms with Gasteiger partial charge in [0.15, 0.2) is 0 Å². The van der Waals surface area contributed by atoms with Gasteiger partial charge in [0.25, 0.3) is 0 Å². The third-order valence-corrected chi connectivity index (χ3v) is 9.28. The van der Waals surface area contributed by atoms with Gasteiger partial charge >= 0.3 is 0 Å². The molecular weight excluding hydrogens is 279 g/mol. The number of rotatable bonds is 3. The highest BCUT2D eigenvalue weighted by atomic mass is 35.6. The van der Waals surface area contributed by atoms with Gasteiger partial charge in [0.05, 0.1) is 0 Å². The molecule has 0 bridgehead atoms. The van der Waals surface area contributed by atoms with Gasteiger partial charge in [0.2, 0.25) is 7.38 Å². The van der Waals surface area contributed by atoms with Gasteiger partial charge in [-0.05, 0) is 24.2 Å². The summed E-state index contributed by atoms with van der Waals surface area (Å²) >= 11 is 13.1. The molecule has 0 aliphatic heterocycles. The lowest BCUT2D eigenvalue weighted by Crippen LogP contribution is -2.55. The van der Waals surface area contributed by atoms with Crippen LogP contribution in [0.2, 0.25) is 0 Å². The van der Waals surface area contributed by atoms with Crippen molar-refractivity contribution in [1.29, 1.82) is 0 Å². The molecule has 3 heteroatoms. The van der Waals surface area contributed by atoms with Crippen molar-refractivity contribution >= 4 is 40.4 Å². The van der Waals surface area contributed by atoms with Crippen molar-refractivity contribution in [3.05, 3.63) is 59.7 Å². The second kappa shape index (κ2) is 5.48. The van der Waals surface area contributed by atoms with Crippen LogP contribution in [0, 0.1) is 13.8 Å². The molecule has 0 fully saturated rings. The van der Waals surface area contributed by atoms with Crippen molar-refractivity contribution in [3.8, 4) is 0 Å². The average molecular weight is 295 g/mol. The zero-order chi connectivity index (χ0) is 13.2. The van der Waals surface area contributed by atoms with E-state index >= 15 is 0 Å². The summed E-state index contributed by atoms with van der Waals surface area (Å²) in [5.41, 5.74) is 2.94. The first kappa shape index (κ1) is 13.7. The van der Waals surface area contributed by atoms with E-state index < -0.39 is 7.38 Å². The topological polar surface area (TPSA) is 0 Å². The molecule has 0 heterocycles. The first-order valence-corrected chi connectivity index (χ1v) is 9.71. The van der Waals surface area contributed by atoms with Gasteiger partial charge in [-0.2, -0.15) is 11.1 Å². The fraction of sp³-hybridized carbons (Fsp3) is 0.200. The lowest BCUT2D eigenvalue weighted by atomic mass is 10.2. The number of hydrogen-bond acceptors (Lipinski definition) is 0. The maximum Gasteiger partial charge on any atom is 0.231 e. The van der Waals surface area contributed by atoms with Crippen LogP contribution in [0.25, 0.3) is 0 Å². The summed E-state index contributed by atoms with van der Waals surface area (Å²) in [5.74, 6) is 0. The van der Waals surface area contributed by atoms with Crippen molar-refractivity contribution in [1.82, 2.24) is 0 Å². The SMILES string of the molecule is Cc1cccc([Si](Cl)(CCl)c2cccc(C)c2)c1. The molecule has 0 saturated heterocycles. The Hall–Kier alpha value is -0.763. The smallest absolute Gasteiger partial charge is 0.154 e. The van der Waals surface area contributed by atoms with E-state index in [1.54, 1.807) is 0 Å². The van der Waals surface area contributed by atoms with Crippen LogP contribution >= 0.6 is 22.7 Å². The molecule has 0 nitrogen and oxygen atoms in total. The molecule has 2 aromatic carbocycles. The Balaban J connectivity index is 2.54. The predicted octanol–water partition coefficient (Wildman–Crippen LogP) is 3.38. The lowest BCUT2D eigenvalue weighted by Gasteiger charge is -2.23. The van der Waals surface area contributed by atoms with E-state index in [1.807, 2.05) is 0 Å². The van der Waals surface area contributed by atoms with Crippen LogP contribution in [-0.2, 0) is 0 Å². The van der Waals surface area contributed by atoms with Crippen LogP contribution in [0.4, 0.5) is 0 Å². The minimum Gasteiger partial charge on any atom is -0.154 e. The molecule has 94 valence electrons. The fourth-order valence-corrected chi connectivity index (χ4v) is 6.01. The molecule has 0 aliphatic rings. The largest absolute Gasteiger partial charge is 0.231 e. The Morgan fingerprint density at radius 3 is 1.67 bits per heavy atom. The van der Waals surface area contributed by atoms with E-state index in [0.29, 0.717) is 5.50 Å². The first-order chi connectivity index (χ1) is 8.56. The lowest BCUT2D eigenvalue weighted by molar-refractivity contribution is 1.48. The summed E-state index contributed by atoms with van der Waals surface area (Å²) in [5, 5.41) is 2.37. The van der Waals surface area contributed by atoms with E-state index in [-0.39, 0.29) is 0 Å². The van der Waals surface area contributed by atoms with Gasteiger partial charge in [-0.25, -0.2) is 0 Å². The van der Waals surface area contributed by atoms with Crippen LogP contribution in [0.3, 0.4) is 0 Å². The number of hydrogen-bond donors (Lipinski definition) is 0. The summed E-state index contributed by atoms with van der Waals surface area (Å²) in [6.07, 6.45) is 0. The van der Waals surface area contributed by atoms with Crippen LogP contribution in [0.5, 0.6) is 0 Å². The molecule has 0 spiro atoms. The Labute approximate surface area is 119 Å². The highest BCUT2D eigenvalue weighted by Crippen LogP contribution is 2.14. The molecule has 2 aromatic rings. The molecule has 0 aromatic heterocycles. The molecule has 0 atom stereocenters. The molecule has 0 amide bonds. The Kier molecular flexibility index (Phi) is 4.16. The summed E-state index contributed by atoms with van der Waals surface area (Å²) < 4.78 is 0. The van der Waals surface area contributed by atoms with Crippen molar-refractivity contribution in [3.63, 3.8) is 0 Å². The van der Waals surface area contributed by atoms with Crippen molar-refractivity contribution in [2.45, 2.75) is 13.8 Å². The minimum absolute atomic E-state index is 0.488. The maximum absolute atomic E-state index is 6.93. The van der Waals surface area contributed by atoms with E-state index in [0.717, 1.165) is 0 Å². The second-order valence-electron chi connectivity index (χ2n) is 4.67. The molecule has 18 heavy (non-hydrogen) atoms. The van der Waals surface area contributed by atoms with E-state index in [4.69, 9.17) is 22.7 Å². The first-order valence-electron chi connectivity index (χ1n) is 5.95. The van der Waals surface area contributed by atoms with Crippen LogP contribution < -0.4 is 10.4 Å². The highest BCUT2D eigenvalue weighted by Gasteiger charge is 2.34. The molecule has 0 N–H and O–H groups in total. The third kappa shape index (κ3) is 2.63. The normalized spacial score (nSPS) is 11.6. The van der Waals surface area contributed by atoms with E-state index in [1.165, 1.54) is 21.5 Å². The molecule has 0 aliphatic carbocycles. The number of alkyl halides is 1. The molecule has 2 rings (SSSR count). The standard InChI is InChI=1S/C15H16Cl2Si/c1-12-5-3-7-14(9-12)18(17,11-16)15-8-4-6-13(2)10-15/h3-10H,11H2,1-2H3. The summed E-state index contributed by atoms with van der Waals surface area (Å²) in [7, 11) is -2.30. The molecule has 0 radical (unpaired) electrons. The highest BCUT2D eigenvalue weighted by molar-refractivity contribution is 7.35.